The number of hydrogen-bond acceptors (Lipinski definition) is 5. The van der Waals surface area contributed by atoms with E-state index in [1.165, 1.54) is 4.68 Å². The third-order valence-electron chi connectivity index (χ3n) is 4.70. The summed E-state index contributed by atoms with van der Waals surface area (Å²) in [6.07, 6.45) is 0. The van der Waals surface area contributed by atoms with Crippen LogP contribution in [0.1, 0.15) is 11.4 Å². The molecule has 4 rings (SSSR count). The van der Waals surface area contributed by atoms with Crippen LogP contribution in [-0.4, -0.2) is 16.8 Å². The van der Waals surface area contributed by atoms with E-state index in [1.807, 2.05) is 36.4 Å². The van der Waals surface area contributed by atoms with E-state index in [4.69, 9.17) is 32.7 Å². The molecule has 8 heteroatoms. The molecule has 0 unspecified atom stereocenters. The predicted octanol–water partition coefficient (Wildman–Crippen LogP) is 5.03. The smallest absolute Gasteiger partial charge is 0.280 e. The second-order valence-electron chi connectivity index (χ2n) is 6.73. The summed E-state index contributed by atoms with van der Waals surface area (Å²) in [6, 6.07) is 19.7. The van der Waals surface area contributed by atoms with E-state index >= 15 is 0 Å². The Morgan fingerprint density at radius 3 is 2.55 bits per heavy atom. The van der Waals surface area contributed by atoms with Crippen molar-refractivity contribution in [2.24, 2.45) is 0 Å². The van der Waals surface area contributed by atoms with E-state index < -0.39 is 0 Å². The number of ether oxygens (including phenoxy) is 2. The summed E-state index contributed by atoms with van der Waals surface area (Å²) in [7, 11) is 1.62. The average Bonchev–Trinajstić information content (AvgIpc) is 2.78. The number of nitrogens with zero attached hydrogens (tertiary/aromatic N) is 2. The minimum atomic E-state index is -0.208. The SMILES string of the molecule is COc1ccc(CNn2c(COc3ccc(Cl)cc3Cl)nc3ccccc3c2=O)cc1. The van der Waals surface area contributed by atoms with Gasteiger partial charge < -0.3 is 14.9 Å². The summed E-state index contributed by atoms with van der Waals surface area (Å²) < 4.78 is 12.4. The fourth-order valence-corrected chi connectivity index (χ4v) is 3.55. The van der Waals surface area contributed by atoms with Gasteiger partial charge in [-0.25, -0.2) is 9.66 Å². The third kappa shape index (κ3) is 4.76. The molecule has 0 fully saturated rings. The van der Waals surface area contributed by atoms with Gasteiger partial charge in [-0.1, -0.05) is 47.5 Å². The molecule has 158 valence electrons. The number of para-hydroxylation sites is 1. The van der Waals surface area contributed by atoms with Crippen LogP contribution in [0.2, 0.25) is 10.0 Å². The predicted molar refractivity (Wildman–Crippen MR) is 123 cm³/mol. The highest BCUT2D eigenvalue weighted by molar-refractivity contribution is 6.35. The lowest BCUT2D eigenvalue weighted by Gasteiger charge is -2.16. The van der Waals surface area contributed by atoms with Gasteiger partial charge in [0.25, 0.3) is 5.56 Å². The maximum Gasteiger partial charge on any atom is 0.280 e. The molecule has 0 bridgehead atoms. The highest BCUT2D eigenvalue weighted by Crippen LogP contribution is 2.28. The zero-order valence-corrected chi connectivity index (χ0v) is 18.2. The van der Waals surface area contributed by atoms with Crippen LogP contribution in [0.5, 0.6) is 11.5 Å². The molecule has 1 N–H and O–H groups in total. The first-order chi connectivity index (χ1) is 15.0. The molecule has 6 nitrogen and oxygen atoms in total. The number of methoxy groups -OCH3 is 1. The van der Waals surface area contributed by atoms with Crippen molar-refractivity contribution in [3.05, 3.63) is 98.5 Å². The standard InChI is InChI=1S/C23H19Cl2N3O3/c1-30-17-9-6-15(7-10-17)13-26-28-22(14-31-21-11-8-16(24)12-19(21)25)27-20-5-3-2-4-18(20)23(28)29/h2-12,26H,13-14H2,1H3. The summed E-state index contributed by atoms with van der Waals surface area (Å²) in [5.74, 6) is 1.64. The Labute approximate surface area is 188 Å². The van der Waals surface area contributed by atoms with Gasteiger partial charge in [0.2, 0.25) is 0 Å². The Kier molecular flexibility index (Phi) is 6.30. The van der Waals surface area contributed by atoms with Gasteiger partial charge in [-0.15, -0.1) is 0 Å². The van der Waals surface area contributed by atoms with Crippen molar-refractivity contribution in [2.45, 2.75) is 13.2 Å². The van der Waals surface area contributed by atoms with Crippen molar-refractivity contribution >= 4 is 34.1 Å². The van der Waals surface area contributed by atoms with Crippen molar-refractivity contribution in [2.75, 3.05) is 12.5 Å². The lowest BCUT2D eigenvalue weighted by atomic mass is 10.2. The molecule has 0 saturated heterocycles. The Balaban J connectivity index is 1.64. The molecule has 1 heterocycles. The number of hydrogen-bond donors (Lipinski definition) is 1. The van der Waals surface area contributed by atoms with Gasteiger partial charge in [0.1, 0.15) is 18.1 Å². The zero-order chi connectivity index (χ0) is 21.8. The van der Waals surface area contributed by atoms with Gasteiger partial charge in [-0.05, 0) is 48.0 Å². The first-order valence-corrected chi connectivity index (χ1v) is 10.3. The second kappa shape index (κ2) is 9.29. The van der Waals surface area contributed by atoms with Gasteiger partial charge in [0, 0.05) is 5.02 Å². The molecule has 0 spiro atoms. The van der Waals surface area contributed by atoms with Gasteiger partial charge in [0.15, 0.2) is 5.82 Å². The number of fused-ring (bicyclic) bond motifs is 1. The highest BCUT2D eigenvalue weighted by atomic mass is 35.5. The number of halogens is 2. The molecule has 0 aliphatic heterocycles. The topological polar surface area (TPSA) is 65.4 Å². The van der Waals surface area contributed by atoms with Crippen LogP contribution in [0.25, 0.3) is 10.9 Å². The van der Waals surface area contributed by atoms with E-state index in [9.17, 15) is 4.79 Å². The van der Waals surface area contributed by atoms with E-state index in [0.717, 1.165) is 11.3 Å². The summed E-state index contributed by atoms with van der Waals surface area (Å²) >= 11 is 12.2. The van der Waals surface area contributed by atoms with Crippen LogP contribution >= 0.6 is 23.2 Å². The van der Waals surface area contributed by atoms with Crippen LogP contribution in [0.4, 0.5) is 0 Å². The first kappa shape index (κ1) is 21.0. The van der Waals surface area contributed by atoms with Crippen molar-refractivity contribution in [3.63, 3.8) is 0 Å². The zero-order valence-electron chi connectivity index (χ0n) is 16.6. The molecule has 0 aliphatic rings. The van der Waals surface area contributed by atoms with Crippen LogP contribution in [0, 0.1) is 0 Å². The monoisotopic (exact) mass is 455 g/mol. The van der Waals surface area contributed by atoms with Crippen LogP contribution < -0.4 is 20.5 Å². The van der Waals surface area contributed by atoms with Crippen LogP contribution in [0.15, 0.2) is 71.5 Å². The summed E-state index contributed by atoms with van der Waals surface area (Å²) in [5.41, 5.74) is 4.52. The Bertz CT molecular complexity index is 1270. The summed E-state index contributed by atoms with van der Waals surface area (Å²) in [5, 5.41) is 1.41. The van der Waals surface area contributed by atoms with E-state index in [-0.39, 0.29) is 12.2 Å². The molecular formula is C23H19Cl2N3O3. The van der Waals surface area contributed by atoms with E-state index in [1.54, 1.807) is 37.4 Å². The molecule has 4 aromatic rings. The maximum absolute atomic E-state index is 13.1. The highest BCUT2D eigenvalue weighted by Gasteiger charge is 2.13. The molecule has 0 atom stereocenters. The van der Waals surface area contributed by atoms with Crippen molar-refractivity contribution < 1.29 is 9.47 Å². The van der Waals surface area contributed by atoms with Gasteiger partial charge in [-0.3, -0.25) is 4.79 Å². The lowest BCUT2D eigenvalue weighted by Crippen LogP contribution is -2.33. The Morgan fingerprint density at radius 1 is 1.03 bits per heavy atom. The van der Waals surface area contributed by atoms with Crippen molar-refractivity contribution in [1.82, 2.24) is 9.66 Å². The first-order valence-electron chi connectivity index (χ1n) is 9.50. The quantitative estimate of drug-likeness (QED) is 0.423. The van der Waals surface area contributed by atoms with Gasteiger partial charge in [-0.2, -0.15) is 0 Å². The van der Waals surface area contributed by atoms with Crippen LogP contribution in [0.3, 0.4) is 0 Å². The average molecular weight is 456 g/mol. The minimum Gasteiger partial charge on any atom is -0.497 e. The molecule has 0 saturated carbocycles. The molecule has 3 aromatic carbocycles. The molecule has 0 aliphatic carbocycles. The lowest BCUT2D eigenvalue weighted by molar-refractivity contribution is 0.290. The molecule has 1 aromatic heterocycles. The number of nitrogens with one attached hydrogen (secondary N) is 1. The van der Waals surface area contributed by atoms with Crippen molar-refractivity contribution in [1.29, 1.82) is 0 Å². The fourth-order valence-electron chi connectivity index (χ4n) is 3.09. The minimum absolute atomic E-state index is 0.0387. The maximum atomic E-state index is 13.1. The summed E-state index contributed by atoms with van der Waals surface area (Å²) in [4.78, 5) is 17.8. The Morgan fingerprint density at radius 2 is 1.81 bits per heavy atom. The summed E-state index contributed by atoms with van der Waals surface area (Å²) in [6.45, 7) is 0.454. The largest absolute Gasteiger partial charge is 0.497 e. The van der Waals surface area contributed by atoms with E-state index in [0.29, 0.717) is 39.1 Å². The second-order valence-corrected chi connectivity index (χ2v) is 7.58. The van der Waals surface area contributed by atoms with Crippen LogP contribution in [-0.2, 0) is 13.2 Å². The molecule has 0 radical (unpaired) electrons. The normalized spacial score (nSPS) is 10.8. The van der Waals surface area contributed by atoms with Gasteiger partial charge in [0.05, 0.1) is 29.6 Å². The van der Waals surface area contributed by atoms with E-state index in [2.05, 4.69) is 10.4 Å². The molecule has 0 amide bonds. The Hall–Kier alpha value is -3.22. The number of rotatable bonds is 7. The van der Waals surface area contributed by atoms with Crippen molar-refractivity contribution in [3.8, 4) is 11.5 Å². The van der Waals surface area contributed by atoms with Gasteiger partial charge >= 0.3 is 0 Å². The number of benzene rings is 3. The fraction of sp³-hybridized carbons (Fsp3) is 0.130. The third-order valence-corrected chi connectivity index (χ3v) is 5.23. The molecular weight excluding hydrogens is 437 g/mol. The number of aromatic nitrogens is 2. The molecule has 31 heavy (non-hydrogen) atoms.